The maximum atomic E-state index is 13.4. The third-order valence-electron chi connectivity index (χ3n) is 4.99. The van der Waals surface area contributed by atoms with Crippen molar-refractivity contribution in [3.8, 4) is 0 Å². The van der Waals surface area contributed by atoms with Crippen molar-refractivity contribution in [3.05, 3.63) is 75.8 Å². The highest BCUT2D eigenvalue weighted by Gasteiger charge is 2.30. The molecule has 0 bridgehead atoms. The predicted octanol–water partition coefficient (Wildman–Crippen LogP) is 5.04. The van der Waals surface area contributed by atoms with Gasteiger partial charge < -0.3 is 5.32 Å². The first-order valence-corrected chi connectivity index (χ1v) is 10.4. The number of nitrogens with zero attached hydrogens (tertiary/aromatic N) is 1. The van der Waals surface area contributed by atoms with Crippen molar-refractivity contribution < 1.29 is 18.4 Å². The second kappa shape index (κ2) is 8.31. The van der Waals surface area contributed by atoms with Crippen molar-refractivity contribution in [2.45, 2.75) is 32.1 Å². The summed E-state index contributed by atoms with van der Waals surface area (Å²) in [5.41, 5.74) is 2.41. The normalized spacial score (nSPS) is 15.4. The molecular weight excluding hydrogens is 408 g/mol. The van der Waals surface area contributed by atoms with Crippen molar-refractivity contribution in [1.29, 1.82) is 0 Å². The van der Waals surface area contributed by atoms with Crippen molar-refractivity contribution in [3.63, 3.8) is 0 Å². The smallest absolute Gasteiger partial charge is 0.257 e. The van der Waals surface area contributed by atoms with E-state index in [0.29, 0.717) is 22.8 Å². The summed E-state index contributed by atoms with van der Waals surface area (Å²) in [4.78, 5) is 30.7. The van der Waals surface area contributed by atoms with E-state index < -0.39 is 17.6 Å². The van der Waals surface area contributed by atoms with Crippen LogP contribution in [-0.4, -0.2) is 16.8 Å². The Hall–Kier alpha value is -3.13. The number of anilines is 2. The predicted molar refractivity (Wildman–Crippen MR) is 112 cm³/mol. The van der Waals surface area contributed by atoms with E-state index in [2.05, 4.69) is 15.6 Å². The molecule has 2 aromatic carbocycles. The Morgan fingerprint density at radius 2 is 1.83 bits per heavy atom. The third-order valence-corrected chi connectivity index (χ3v) is 6.04. The number of thiazole rings is 1. The van der Waals surface area contributed by atoms with Crippen LogP contribution in [0.4, 0.5) is 19.6 Å². The van der Waals surface area contributed by atoms with Gasteiger partial charge in [0.2, 0.25) is 5.91 Å². The maximum Gasteiger partial charge on any atom is 0.257 e. The van der Waals surface area contributed by atoms with E-state index in [-0.39, 0.29) is 17.5 Å². The number of rotatable bonds is 4. The summed E-state index contributed by atoms with van der Waals surface area (Å²) in [6.07, 6.45) is 2.18. The minimum atomic E-state index is -1.02. The molecule has 5 nitrogen and oxygen atoms in total. The second-order valence-electron chi connectivity index (χ2n) is 7.21. The van der Waals surface area contributed by atoms with Crippen LogP contribution >= 0.6 is 11.3 Å². The summed E-state index contributed by atoms with van der Waals surface area (Å²) in [6, 6.07) is 10.5. The molecule has 0 fully saturated rings. The Morgan fingerprint density at radius 3 is 2.57 bits per heavy atom. The summed E-state index contributed by atoms with van der Waals surface area (Å²) in [5, 5.41) is 5.88. The zero-order chi connectivity index (χ0) is 21.3. The summed E-state index contributed by atoms with van der Waals surface area (Å²) in [7, 11) is 0. The molecule has 2 N–H and O–H groups in total. The number of fused-ring (bicyclic) bond motifs is 1. The van der Waals surface area contributed by atoms with E-state index in [1.165, 1.54) is 17.4 Å². The van der Waals surface area contributed by atoms with Crippen LogP contribution in [0.2, 0.25) is 0 Å². The lowest BCUT2D eigenvalue weighted by Gasteiger charge is -2.20. The van der Waals surface area contributed by atoms with Crippen molar-refractivity contribution in [2.24, 2.45) is 0 Å². The zero-order valence-electron chi connectivity index (χ0n) is 16.2. The first-order chi connectivity index (χ1) is 14.4. The van der Waals surface area contributed by atoms with Gasteiger partial charge in [-0.25, -0.2) is 13.8 Å². The molecule has 0 aliphatic heterocycles. The average Bonchev–Trinajstić information content (AvgIpc) is 3.13. The number of aryl methyl sites for hydroxylation is 2. The van der Waals surface area contributed by atoms with Gasteiger partial charge in [-0.2, -0.15) is 0 Å². The topological polar surface area (TPSA) is 71.1 Å². The van der Waals surface area contributed by atoms with Gasteiger partial charge in [-0.05, 0) is 50.5 Å². The fraction of sp³-hybridized carbons (Fsp3) is 0.227. The van der Waals surface area contributed by atoms with E-state index in [1.807, 2.05) is 19.1 Å². The number of carbonyl (C=O) groups is 2. The molecule has 8 heteroatoms. The number of amides is 2. The SMILES string of the molecule is Cc1ccc(C(=O)Nc2nc3c(s2)CCCC3C(=O)Nc2ccc(F)c(F)c2)cc1. The van der Waals surface area contributed by atoms with Crippen LogP contribution < -0.4 is 10.6 Å². The van der Waals surface area contributed by atoms with Crippen molar-refractivity contribution in [2.75, 3.05) is 10.6 Å². The highest BCUT2D eigenvalue weighted by molar-refractivity contribution is 7.16. The molecule has 0 saturated carbocycles. The molecule has 1 aliphatic carbocycles. The highest BCUT2D eigenvalue weighted by Crippen LogP contribution is 2.37. The molecule has 1 atom stereocenters. The van der Waals surface area contributed by atoms with E-state index in [1.54, 1.807) is 12.1 Å². The Morgan fingerprint density at radius 1 is 1.07 bits per heavy atom. The van der Waals surface area contributed by atoms with Crippen LogP contribution in [0.5, 0.6) is 0 Å². The molecular formula is C22H19F2N3O2S. The monoisotopic (exact) mass is 427 g/mol. The molecule has 2 amide bonds. The molecule has 3 aromatic rings. The number of aromatic nitrogens is 1. The van der Waals surface area contributed by atoms with Crippen LogP contribution in [0.1, 0.15) is 45.3 Å². The Kier molecular flexibility index (Phi) is 5.59. The lowest BCUT2D eigenvalue weighted by Crippen LogP contribution is -2.24. The number of nitrogens with one attached hydrogen (secondary N) is 2. The third kappa shape index (κ3) is 4.23. The van der Waals surface area contributed by atoms with Gasteiger partial charge in [-0.15, -0.1) is 11.3 Å². The van der Waals surface area contributed by atoms with Crippen LogP contribution in [0.15, 0.2) is 42.5 Å². The lowest BCUT2D eigenvalue weighted by molar-refractivity contribution is -0.117. The van der Waals surface area contributed by atoms with Crippen LogP contribution in [0, 0.1) is 18.6 Å². The van der Waals surface area contributed by atoms with Gasteiger partial charge in [0.15, 0.2) is 16.8 Å². The van der Waals surface area contributed by atoms with Gasteiger partial charge in [0.05, 0.1) is 11.6 Å². The van der Waals surface area contributed by atoms with Crippen LogP contribution in [-0.2, 0) is 11.2 Å². The van der Waals surface area contributed by atoms with Gasteiger partial charge in [0.1, 0.15) is 0 Å². The molecule has 154 valence electrons. The molecule has 1 unspecified atom stereocenters. The molecule has 0 radical (unpaired) electrons. The molecule has 0 saturated heterocycles. The van der Waals surface area contributed by atoms with Crippen molar-refractivity contribution in [1.82, 2.24) is 4.98 Å². The highest BCUT2D eigenvalue weighted by atomic mass is 32.1. The van der Waals surface area contributed by atoms with Crippen LogP contribution in [0.25, 0.3) is 0 Å². The lowest BCUT2D eigenvalue weighted by atomic mass is 9.90. The summed E-state index contributed by atoms with van der Waals surface area (Å²) in [6.45, 7) is 1.95. The van der Waals surface area contributed by atoms with Gasteiger partial charge in [0, 0.05) is 22.2 Å². The van der Waals surface area contributed by atoms with Gasteiger partial charge in [0.25, 0.3) is 5.91 Å². The number of hydrogen-bond acceptors (Lipinski definition) is 4. The average molecular weight is 427 g/mol. The fourth-order valence-corrected chi connectivity index (χ4v) is 4.46. The van der Waals surface area contributed by atoms with E-state index in [9.17, 15) is 18.4 Å². The first-order valence-electron chi connectivity index (χ1n) is 9.54. The molecule has 0 spiro atoms. The van der Waals surface area contributed by atoms with Crippen molar-refractivity contribution >= 4 is 34.0 Å². The van der Waals surface area contributed by atoms with E-state index >= 15 is 0 Å². The molecule has 1 aromatic heterocycles. The van der Waals surface area contributed by atoms with E-state index in [0.717, 1.165) is 35.4 Å². The Labute approximate surface area is 176 Å². The number of carbonyl (C=O) groups excluding carboxylic acids is 2. The fourth-order valence-electron chi connectivity index (χ4n) is 3.40. The largest absolute Gasteiger partial charge is 0.325 e. The quantitative estimate of drug-likeness (QED) is 0.613. The minimum absolute atomic E-state index is 0.189. The van der Waals surface area contributed by atoms with Crippen LogP contribution in [0.3, 0.4) is 0 Å². The summed E-state index contributed by atoms with van der Waals surface area (Å²) >= 11 is 1.36. The summed E-state index contributed by atoms with van der Waals surface area (Å²) < 4.78 is 26.5. The molecule has 30 heavy (non-hydrogen) atoms. The maximum absolute atomic E-state index is 13.4. The molecule has 1 aliphatic rings. The zero-order valence-corrected chi connectivity index (χ0v) is 17.0. The Balaban J connectivity index is 1.50. The first kappa shape index (κ1) is 20.2. The molecule has 1 heterocycles. The second-order valence-corrected chi connectivity index (χ2v) is 8.29. The standard InChI is InChI=1S/C22H19F2N3O2S/c1-12-5-7-13(8-6-12)20(28)27-22-26-19-15(3-2-4-18(19)30-22)21(29)25-14-9-10-16(23)17(24)11-14/h5-11,15H,2-4H2,1H3,(H,25,29)(H,26,27,28). The number of halogens is 2. The number of hydrogen-bond donors (Lipinski definition) is 2. The Bertz CT molecular complexity index is 1110. The van der Waals surface area contributed by atoms with E-state index in [4.69, 9.17) is 0 Å². The number of benzene rings is 2. The van der Waals surface area contributed by atoms with Gasteiger partial charge >= 0.3 is 0 Å². The van der Waals surface area contributed by atoms with Gasteiger partial charge in [-0.1, -0.05) is 17.7 Å². The minimum Gasteiger partial charge on any atom is -0.325 e. The molecule has 4 rings (SSSR count). The van der Waals surface area contributed by atoms with Gasteiger partial charge in [-0.3, -0.25) is 14.9 Å². The summed E-state index contributed by atoms with van der Waals surface area (Å²) in [5.74, 6) is -3.09.